The van der Waals surface area contributed by atoms with Crippen LogP contribution in [0.5, 0.6) is 5.75 Å². The zero-order valence-electron chi connectivity index (χ0n) is 14.5. The quantitative estimate of drug-likeness (QED) is 0.508. The number of sulfonamides is 1. The van der Waals surface area contributed by atoms with Gasteiger partial charge in [-0.25, -0.2) is 8.42 Å². The fourth-order valence-corrected chi connectivity index (χ4v) is 4.66. The average Bonchev–Trinajstić information content (AvgIpc) is 2.68. The van der Waals surface area contributed by atoms with Crippen molar-refractivity contribution in [3.63, 3.8) is 0 Å². The van der Waals surface area contributed by atoms with Gasteiger partial charge in [-0.2, -0.15) is 4.31 Å². The van der Waals surface area contributed by atoms with E-state index in [0.29, 0.717) is 24.5 Å². The molecule has 1 heterocycles. The van der Waals surface area contributed by atoms with Gasteiger partial charge in [0.2, 0.25) is 10.0 Å². The Balaban J connectivity index is 1.78. The van der Waals surface area contributed by atoms with Gasteiger partial charge in [-0.3, -0.25) is 10.1 Å². The molecule has 0 bridgehead atoms. The maximum Gasteiger partial charge on any atom is 0.296 e. The lowest BCUT2D eigenvalue weighted by atomic mass is 10.2. The number of nitro benzene ring substituents is 1. The highest BCUT2D eigenvalue weighted by Gasteiger charge is 2.30. The first kappa shape index (κ1) is 19.6. The number of piperazine rings is 1. The summed E-state index contributed by atoms with van der Waals surface area (Å²) in [5, 5.41) is 11.4. The molecule has 1 aliphatic rings. The molecule has 0 unspecified atom stereocenters. The molecule has 0 radical (unpaired) electrons. The van der Waals surface area contributed by atoms with Crippen molar-refractivity contribution >= 4 is 37.3 Å². The number of hydrogen-bond donors (Lipinski definition) is 0. The SMILES string of the molecule is COc1ccc(N2CCN(S(=O)(=O)c3ccc(Br)cc3)CC2)c([N+](=O)[O-])c1. The van der Waals surface area contributed by atoms with Crippen LogP contribution in [0, 0.1) is 10.1 Å². The van der Waals surface area contributed by atoms with E-state index in [0.717, 1.165) is 4.47 Å². The summed E-state index contributed by atoms with van der Waals surface area (Å²) in [6.45, 7) is 1.23. The third-order valence-electron chi connectivity index (χ3n) is 4.41. The zero-order valence-corrected chi connectivity index (χ0v) is 16.9. The number of nitrogens with zero attached hydrogens (tertiary/aromatic N) is 3. The Morgan fingerprint density at radius 3 is 2.26 bits per heavy atom. The monoisotopic (exact) mass is 455 g/mol. The van der Waals surface area contributed by atoms with Crippen molar-refractivity contribution in [2.24, 2.45) is 0 Å². The first-order valence-electron chi connectivity index (χ1n) is 8.16. The van der Waals surface area contributed by atoms with E-state index in [1.807, 2.05) is 4.90 Å². The van der Waals surface area contributed by atoms with E-state index in [9.17, 15) is 18.5 Å². The van der Waals surface area contributed by atoms with Crippen LogP contribution in [-0.2, 0) is 10.0 Å². The second-order valence-electron chi connectivity index (χ2n) is 5.96. The van der Waals surface area contributed by atoms with E-state index in [1.54, 1.807) is 36.4 Å². The number of rotatable bonds is 5. The van der Waals surface area contributed by atoms with Gasteiger partial charge in [0.05, 0.1) is 23.0 Å². The summed E-state index contributed by atoms with van der Waals surface area (Å²) in [6, 6.07) is 11.2. The molecule has 1 saturated heterocycles. The number of ether oxygens (including phenoxy) is 1. The van der Waals surface area contributed by atoms with Gasteiger partial charge in [0.15, 0.2) is 0 Å². The summed E-state index contributed by atoms with van der Waals surface area (Å²) in [6.07, 6.45) is 0. The van der Waals surface area contributed by atoms with E-state index in [2.05, 4.69) is 15.9 Å². The number of hydrogen-bond acceptors (Lipinski definition) is 6. The van der Waals surface area contributed by atoms with Crippen molar-refractivity contribution in [1.82, 2.24) is 4.31 Å². The van der Waals surface area contributed by atoms with Gasteiger partial charge < -0.3 is 9.64 Å². The van der Waals surface area contributed by atoms with Gasteiger partial charge in [0.1, 0.15) is 11.4 Å². The molecule has 144 valence electrons. The summed E-state index contributed by atoms with van der Waals surface area (Å²) in [7, 11) is -2.14. The second-order valence-corrected chi connectivity index (χ2v) is 8.81. The van der Waals surface area contributed by atoms with Crippen molar-refractivity contribution in [2.45, 2.75) is 4.90 Å². The molecule has 3 rings (SSSR count). The third kappa shape index (κ3) is 4.07. The third-order valence-corrected chi connectivity index (χ3v) is 6.85. The van der Waals surface area contributed by atoms with Gasteiger partial charge in [-0.1, -0.05) is 15.9 Å². The summed E-state index contributed by atoms with van der Waals surface area (Å²) in [4.78, 5) is 13.0. The van der Waals surface area contributed by atoms with Gasteiger partial charge in [0, 0.05) is 30.7 Å². The Morgan fingerprint density at radius 1 is 1.07 bits per heavy atom. The molecule has 10 heteroatoms. The lowest BCUT2D eigenvalue weighted by Crippen LogP contribution is -2.48. The Morgan fingerprint density at radius 2 is 1.70 bits per heavy atom. The van der Waals surface area contributed by atoms with Crippen molar-refractivity contribution in [2.75, 3.05) is 38.2 Å². The van der Waals surface area contributed by atoms with E-state index in [1.165, 1.54) is 17.5 Å². The Labute approximate surface area is 165 Å². The van der Waals surface area contributed by atoms with Crippen LogP contribution in [0.3, 0.4) is 0 Å². The first-order valence-corrected chi connectivity index (χ1v) is 10.4. The normalized spacial score (nSPS) is 15.6. The maximum atomic E-state index is 12.8. The number of benzene rings is 2. The van der Waals surface area contributed by atoms with Crippen LogP contribution in [0.15, 0.2) is 51.8 Å². The first-order chi connectivity index (χ1) is 12.8. The number of anilines is 1. The fourth-order valence-electron chi connectivity index (χ4n) is 2.97. The molecule has 0 aromatic heterocycles. The highest BCUT2D eigenvalue weighted by Crippen LogP contribution is 2.33. The van der Waals surface area contributed by atoms with Crippen LogP contribution in [0.1, 0.15) is 0 Å². The van der Waals surface area contributed by atoms with Gasteiger partial charge >= 0.3 is 0 Å². The molecular weight excluding hydrogens is 438 g/mol. The predicted octanol–water partition coefficient (Wildman–Crippen LogP) is 2.88. The molecule has 0 amide bonds. The molecule has 2 aromatic carbocycles. The van der Waals surface area contributed by atoms with Crippen molar-refractivity contribution in [3.8, 4) is 5.75 Å². The van der Waals surface area contributed by atoms with Crippen LogP contribution in [0.4, 0.5) is 11.4 Å². The number of methoxy groups -OCH3 is 1. The summed E-state index contributed by atoms with van der Waals surface area (Å²) >= 11 is 3.29. The summed E-state index contributed by atoms with van der Waals surface area (Å²) in [5.74, 6) is 0.405. The predicted molar refractivity (Wildman–Crippen MR) is 105 cm³/mol. The van der Waals surface area contributed by atoms with Crippen LogP contribution >= 0.6 is 15.9 Å². The average molecular weight is 456 g/mol. The highest BCUT2D eigenvalue weighted by molar-refractivity contribution is 9.10. The van der Waals surface area contributed by atoms with Crippen LogP contribution < -0.4 is 9.64 Å². The second kappa shape index (κ2) is 7.83. The smallest absolute Gasteiger partial charge is 0.296 e. The Kier molecular flexibility index (Phi) is 5.68. The summed E-state index contributed by atoms with van der Waals surface area (Å²) in [5.41, 5.74) is 0.403. The van der Waals surface area contributed by atoms with E-state index >= 15 is 0 Å². The molecule has 8 nitrogen and oxygen atoms in total. The molecule has 1 fully saturated rings. The molecule has 0 atom stereocenters. The number of halogens is 1. The van der Waals surface area contributed by atoms with Gasteiger partial charge in [-0.05, 0) is 36.4 Å². The lowest BCUT2D eigenvalue weighted by Gasteiger charge is -2.35. The summed E-state index contributed by atoms with van der Waals surface area (Å²) < 4.78 is 32.8. The van der Waals surface area contributed by atoms with Gasteiger partial charge in [0.25, 0.3) is 5.69 Å². The highest BCUT2D eigenvalue weighted by atomic mass is 79.9. The topological polar surface area (TPSA) is 93.0 Å². The molecule has 0 aliphatic carbocycles. The minimum Gasteiger partial charge on any atom is -0.496 e. The Hall–Kier alpha value is -2.17. The fraction of sp³-hybridized carbons (Fsp3) is 0.294. The minimum absolute atomic E-state index is 0.0569. The maximum absolute atomic E-state index is 12.8. The largest absolute Gasteiger partial charge is 0.496 e. The molecular formula is C17H18BrN3O5S. The molecule has 0 N–H and O–H groups in total. The van der Waals surface area contributed by atoms with Crippen molar-refractivity contribution in [3.05, 3.63) is 57.1 Å². The Bertz CT molecular complexity index is 942. The van der Waals surface area contributed by atoms with Crippen LogP contribution in [0.25, 0.3) is 0 Å². The van der Waals surface area contributed by atoms with Crippen LogP contribution in [-0.4, -0.2) is 50.9 Å². The molecule has 0 spiro atoms. The van der Waals surface area contributed by atoms with Gasteiger partial charge in [-0.15, -0.1) is 0 Å². The zero-order chi connectivity index (χ0) is 19.6. The standard InChI is InChI=1S/C17H18BrN3O5S/c1-26-14-4-7-16(17(12-14)21(22)23)19-8-10-20(11-9-19)27(24,25)15-5-2-13(18)3-6-15/h2-7,12H,8-11H2,1H3. The van der Waals surface area contributed by atoms with Crippen molar-refractivity contribution in [1.29, 1.82) is 0 Å². The molecule has 27 heavy (non-hydrogen) atoms. The van der Waals surface area contributed by atoms with E-state index in [4.69, 9.17) is 4.74 Å². The molecule has 0 saturated carbocycles. The number of nitro groups is 1. The lowest BCUT2D eigenvalue weighted by molar-refractivity contribution is -0.384. The van der Waals surface area contributed by atoms with E-state index < -0.39 is 14.9 Å². The molecule has 1 aliphatic heterocycles. The van der Waals surface area contributed by atoms with Crippen molar-refractivity contribution < 1.29 is 18.1 Å². The minimum atomic E-state index is -3.59. The van der Waals surface area contributed by atoms with Crippen LogP contribution in [0.2, 0.25) is 0 Å². The van der Waals surface area contributed by atoms with E-state index in [-0.39, 0.29) is 23.7 Å². The molecule has 2 aromatic rings.